The van der Waals surface area contributed by atoms with Gasteiger partial charge in [0.25, 0.3) is 0 Å². The molecule has 2 amide bonds. The number of aliphatic carboxylic acids is 1. The number of ether oxygens (including phenoxy) is 2. The smallest absolute Gasteiger partial charge is 0.340 e. The zero-order chi connectivity index (χ0) is 18.9. The zero-order valence-corrected chi connectivity index (χ0v) is 14.8. The van der Waals surface area contributed by atoms with Crippen molar-refractivity contribution in [1.82, 2.24) is 4.90 Å². The number of hydrogen-bond donors (Lipinski definition) is 2. The Labute approximate surface area is 151 Å². The highest BCUT2D eigenvalue weighted by molar-refractivity contribution is 6.01. The van der Waals surface area contributed by atoms with Crippen molar-refractivity contribution in [1.29, 1.82) is 0 Å². The minimum absolute atomic E-state index is 0.0262. The number of likely N-dealkylation sites (tertiary alicyclic amines) is 1. The maximum Gasteiger partial charge on any atom is 0.340 e. The third-order valence-corrected chi connectivity index (χ3v) is 5.46. The number of methoxy groups -OCH3 is 2. The van der Waals surface area contributed by atoms with Gasteiger partial charge in [-0.1, -0.05) is 6.42 Å². The van der Waals surface area contributed by atoms with E-state index < -0.39 is 23.4 Å². The number of amides is 2. The molecule has 1 aliphatic carbocycles. The predicted molar refractivity (Wildman–Crippen MR) is 92.3 cm³/mol. The summed E-state index contributed by atoms with van der Waals surface area (Å²) < 4.78 is 9.86. The number of nitrogens with one attached hydrogen (secondary N) is 1. The average Bonchev–Trinajstić information content (AvgIpc) is 3.20. The normalized spacial score (nSPS) is 24.1. The van der Waals surface area contributed by atoms with E-state index in [-0.39, 0.29) is 18.0 Å². The lowest BCUT2D eigenvalue weighted by molar-refractivity contribution is -0.149. The summed E-state index contributed by atoms with van der Waals surface area (Å²) in [6, 6.07) is 4.25. The third kappa shape index (κ3) is 2.95. The quantitative estimate of drug-likeness (QED) is 0.796. The number of carboxylic acids is 1. The first kappa shape index (κ1) is 18.0. The molecule has 2 atom stereocenters. The second-order valence-corrected chi connectivity index (χ2v) is 6.76. The van der Waals surface area contributed by atoms with E-state index in [1.54, 1.807) is 12.1 Å². The Hall–Kier alpha value is -2.77. The molecule has 8 nitrogen and oxygen atoms in total. The van der Waals surface area contributed by atoms with Crippen LogP contribution >= 0.6 is 0 Å². The number of carbonyl (C=O) groups is 3. The number of nitrogens with zero attached hydrogens (tertiary/aromatic N) is 1. The van der Waals surface area contributed by atoms with Crippen LogP contribution in [0.25, 0.3) is 0 Å². The molecule has 3 rings (SSSR count). The van der Waals surface area contributed by atoms with Crippen LogP contribution in [0.3, 0.4) is 0 Å². The fraction of sp³-hybridized carbons (Fsp3) is 0.500. The second-order valence-electron chi connectivity index (χ2n) is 6.76. The van der Waals surface area contributed by atoms with Crippen molar-refractivity contribution >= 4 is 23.7 Å². The number of urea groups is 1. The van der Waals surface area contributed by atoms with Crippen molar-refractivity contribution in [3.8, 4) is 5.75 Å². The van der Waals surface area contributed by atoms with Crippen molar-refractivity contribution in [3.05, 3.63) is 23.8 Å². The number of esters is 1. The van der Waals surface area contributed by atoms with Gasteiger partial charge in [0.1, 0.15) is 5.75 Å². The minimum atomic E-state index is -0.845. The van der Waals surface area contributed by atoms with E-state index in [9.17, 15) is 19.5 Å². The van der Waals surface area contributed by atoms with Crippen molar-refractivity contribution in [2.24, 2.45) is 11.3 Å². The summed E-state index contributed by atoms with van der Waals surface area (Å²) in [4.78, 5) is 37.9. The van der Waals surface area contributed by atoms with E-state index in [0.717, 1.165) is 12.8 Å². The van der Waals surface area contributed by atoms with Gasteiger partial charge >= 0.3 is 18.0 Å². The standard InChI is InChI=1S/C18H22N2O6/c1-25-12-5-6-14(13(8-12)15(21)26-2)19-17(24)20-9-11-4-3-7-18(11,10-20)16(22)23/h5-6,8,11H,3-4,7,9-10H2,1-2H3,(H,19,24)(H,22,23)/t11-,18+/m0/s1. The molecule has 1 aliphatic heterocycles. The second kappa shape index (κ2) is 6.86. The fourth-order valence-corrected chi connectivity index (χ4v) is 4.03. The number of hydrogen-bond acceptors (Lipinski definition) is 5. The van der Waals surface area contributed by atoms with Crippen LogP contribution in [0, 0.1) is 11.3 Å². The summed E-state index contributed by atoms with van der Waals surface area (Å²) in [5, 5.41) is 12.3. The molecule has 0 bridgehead atoms. The molecule has 0 spiro atoms. The molecular formula is C18H22N2O6. The maximum atomic E-state index is 12.7. The molecular weight excluding hydrogens is 340 g/mol. The van der Waals surface area contributed by atoms with Gasteiger partial charge in [-0.15, -0.1) is 0 Å². The van der Waals surface area contributed by atoms with Gasteiger partial charge in [0.2, 0.25) is 0 Å². The monoisotopic (exact) mass is 362 g/mol. The number of carboxylic acid groups (broad SMARTS) is 1. The van der Waals surface area contributed by atoms with Crippen molar-refractivity contribution in [3.63, 3.8) is 0 Å². The molecule has 140 valence electrons. The van der Waals surface area contributed by atoms with Gasteiger partial charge in [0.05, 0.1) is 30.9 Å². The molecule has 0 radical (unpaired) electrons. The van der Waals surface area contributed by atoms with Crippen molar-refractivity contribution in [2.45, 2.75) is 19.3 Å². The predicted octanol–water partition coefficient (Wildman–Crippen LogP) is 2.20. The number of fused-ring (bicyclic) bond motifs is 1. The van der Waals surface area contributed by atoms with Crippen LogP contribution in [0.5, 0.6) is 5.75 Å². The molecule has 1 saturated heterocycles. The summed E-state index contributed by atoms with van der Waals surface area (Å²) in [5.74, 6) is -1.000. The van der Waals surface area contributed by atoms with Crippen LogP contribution in [0.15, 0.2) is 18.2 Å². The largest absolute Gasteiger partial charge is 0.497 e. The van der Waals surface area contributed by atoms with Gasteiger partial charge in [0, 0.05) is 13.1 Å². The topological polar surface area (TPSA) is 105 Å². The molecule has 2 fully saturated rings. The molecule has 0 aromatic heterocycles. The zero-order valence-electron chi connectivity index (χ0n) is 14.8. The fourth-order valence-electron chi connectivity index (χ4n) is 4.03. The Bertz CT molecular complexity index is 749. The van der Waals surface area contributed by atoms with Gasteiger partial charge in [0.15, 0.2) is 0 Å². The summed E-state index contributed by atoms with van der Waals surface area (Å²) >= 11 is 0. The maximum absolute atomic E-state index is 12.7. The highest BCUT2D eigenvalue weighted by atomic mass is 16.5. The molecule has 1 saturated carbocycles. The Kier molecular flexibility index (Phi) is 4.76. The number of benzene rings is 1. The molecule has 26 heavy (non-hydrogen) atoms. The van der Waals surface area contributed by atoms with Gasteiger partial charge < -0.3 is 24.8 Å². The Morgan fingerprint density at radius 1 is 1.31 bits per heavy atom. The van der Waals surface area contributed by atoms with Crippen molar-refractivity contribution in [2.75, 3.05) is 32.6 Å². The Balaban J connectivity index is 1.79. The van der Waals surface area contributed by atoms with E-state index in [1.807, 2.05) is 0 Å². The Morgan fingerprint density at radius 3 is 2.69 bits per heavy atom. The van der Waals surface area contributed by atoms with E-state index >= 15 is 0 Å². The van der Waals surface area contributed by atoms with Crippen LogP contribution in [0.1, 0.15) is 29.6 Å². The van der Waals surface area contributed by atoms with Crippen LogP contribution in [-0.4, -0.2) is 55.3 Å². The average molecular weight is 362 g/mol. The number of anilines is 1. The summed E-state index contributed by atoms with van der Waals surface area (Å²) in [6.07, 6.45) is 2.27. The van der Waals surface area contributed by atoms with Gasteiger partial charge in [-0.3, -0.25) is 4.79 Å². The van der Waals surface area contributed by atoms with Crippen molar-refractivity contribution < 1.29 is 29.0 Å². The third-order valence-electron chi connectivity index (χ3n) is 5.46. The van der Waals surface area contributed by atoms with E-state index in [4.69, 9.17) is 9.47 Å². The first-order valence-corrected chi connectivity index (χ1v) is 8.47. The molecule has 2 aliphatic rings. The Morgan fingerprint density at radius 2 is 2.08 bits per heavy atom. The molecule has 1 aromatic carbocycles. The molecule has 0 unspecified atom stereocenters. The molecule has 8 heteroatoms. The lowest BCUT2D eigenvalue weighted by atomic mass is 9.81. The highest BCUT2D eigenvalue weighted by Crippen LogP contribution is 2.49. The lowest BCUT2D eigenvalue weighted by Crippen LogP contribution is -2.38. The number of carbonyl (C=O) groups excluding carboxylic acids is 2. The van der Waals surface area contributed by atoms with Crippen LogP contribution < -0.4 is 10.1 Å². The van der Waals surface area contributed by atoms with E-state index in [2.05, 4.69) is 5.32 Å². The highest BCUT2D eigenvalue weighted by Gasteiger charge is 2.55. The molecule has 1 heterocycles. The first-order valence-electron chi connectivity index (χ1n) is 8.47. The van der Waals surface area contributed by atoms with Gasteiger partial charge in [-0.05, 0) is 37.0 Å². The van der Waals surface area contributed by atoms with E-state index in [1.165, 1.54) is 25.2 Å². The number of rotatable bonds is 4. The van der Waals surface area contributed by atoms with E-state index in [0.29, 0.717) is 24.4 Å². The first-order chi connectivity index (χ1) is 12.4. The summed E-state index contributed by atoms with van der Waals surface area (Å²) in [7, 11) is 2.73. The summed E-state index contributed by atoms with van der Waals surface area (Å²) in [5.41, 5.74) is -0.376. The van der Waals surface area contributed by atoms with Gasteiger partial charge in [-0.2, -0.15) is 0 Å². The lowest BCUT2D eigenvalue weighted by Gasteiger charge is -2.23. The molecule has 1 aromatic rings. The van der Waals surface area contributed by atoms with Crippen LogP contribution in [0.4, 0.5) is 10.5 Å². The van der Waals surface area contributed by atoms with Crippen LogP contribution in [0.2, 0.25) is 0 Å². The van der Waals surface area contributed by atoms with Crippen LogP contribution in [-0.2, 0) is 9.53 Å². The molecule has 2 N–H and O–H groups in total. The minimum Gasteiger partial charge on any atom is -0.497 e. The van der Waals surface area contributed by atoms with Gasteiger partial charge in [-0.25, -0.2) is 9.59 Å². The summed E-state index contributed by atoms with van der Waals surface area (Å²) in [6.45, 7) is 0.588. The SMILES string of the molecule is COC(=O)c1cc(OC)ccc1NC(=O)N1C[C@@H]2CCC[C@@]2(C(=O)O)C1.